The summed E-state index contributed by atoms with van der Waals surface area (Å²) in [6.07, 6.45) is 0.855. The quantitative estimate of drug-likeness (QED) is 0.573. The summed E-state index contributed by atoms with van der Waals surface area (Å²) >= 11 is 0. The van der Waals surface area contributed by atoms with Crippen molar-refractivity contribution in [2.75, 3.05) is 26.2 Å². The van der Waals surface area contributed by atoms with Crippen molar-refractivity contribution in [3.05, 3.63) is 35.4 Å². The molecule has 2 aliphatic heterocycles. The first-order valence-electron chi connectivity index (χ1n) is 9.71. The van der Waals surface area contributed by atoms with E-state index in [2.05, 4.69) is 5.32 Å². The van der Waals surface area contributed by atoms with Gasteiger partial charge in [-0.1, -0.05) is 0 Å². The highest BCUT2D eigenvalue weighted by Crippen LogP contribution is 2.31. The molecule has 1 atom stereocenters. The van der Waals surface area contributed by atoms with E-state index in [1.54, 1.807) is 6.92 Å². The highest BCUT2D eigenvalue weighted by molar-refractivity contribution is 6.09. The van der Waals surface area contributed by atoms with E-state index in [4.69, 9.17) is 4.74 Å². The lowest BCUT2D eigenvalue weighted by Gasteiger charge is -2.31. The Hall–Kier alpha value is -3.04. The fourth-order valence-corrected chi connectivity index (χ4v) is 3.76. The van der Waals surface area contributed by atoms with Crippen LogP contribution >= 0.6 is 0 Å². The SMILES string of the molecule is CCOC(=O)C1CCN(C(=O)CN2C(=O)NC(C)(c3cc(F)ccc3F)C2=O)CC1. The summed E-state index contributed by atoms with van der Waals surface area (Å²) < 4.78 is 32.8. The molecule has 0 aliphatic carbocycles. The van der Waals surface area contributed by atoms with Crippen LogP contribution in [0.1, 0.15) is 32.3 Å². The average Bonchev–Trinajstić information content (AvgIpc) is 2.93. The smallest absolute Gasteiger partial charge is 0.325 e. The van der Waals surface area contributed by atoms with E-state index in [0.717, 1.165) is 18.2 Å². The van der Waals surface area contributed by atoms with Gasteiger partial charge in [-0.3, -0.25) is 19.3 Å². The summed E-state index contributed by atoms with van der Waals surface area (Å²) in [5.41, 5.74) is -2.13. The molecule has 2 fully saturated rings. The van der Waals surface area contributed by atoms with Crippen LogP contribution in [0, 0.1) is 17.6 Å². The maximum absolute atomic E-state index is 14.2. The first-order valence-corrected chi connectivity index (χ1v) is 9.71. The van der Waals surface area contributed by atoms with Gasteiger partial charge in [0.2, 0.25) is 5.91 Å². The number of esters is 1. The van der Waals surface area contributed by atoms with Crippen molar-refractivity contribution in [1.82, 2.24) is 15.1 Å². The largest absolute Gasteiger partial charge is 0.466 e. The monoisotopic (exact) mass is 423 g/mol. The van der Waals surface area contributed by atoms with Gasteiger partial charge in [0.05, 0.1) is 12.5 Å². The van der Waals surface area contributed by atoms with E-state index >= 15 is 0 Å². The van der Waals surface area contributed by atoms with Crippen LogP contribution in [0.2, 0.25) is 0 Å². The Morgan fingerprint density at radius 1 is 1.23 bits per heavy atom. The Morgan fingerprint density at radius 3 is 2.53 bits per heavy atom. The van der Waals surface area contributed by atoms with E-state index < -0.39 is 41.6 Å². The Morgan fingerprint density at radius 2 is 1.90 bits per heavy atom. The molecule has 1 unspecified atom stereocenters. The number of hydrogen-bond donors (Lipinski definition) is 1. The molecule has 162 valence electrons. The molecule has 0 saturated carbocycles. The second kappa shape index (κ2) is 8.37. The van der Waals surface area contributed by atoms with E-state index in [1.165, 1.54) is 11.8 Å². The maximum atomic E-state index is 14.2. The third-order valence-corrected chi connectivity index (χ3v) is 5.50. The minimum absolute atomic E-state index is 0.287. The fourth-order valence-electron chi connectivity index (χ4n) is 3.76. The molecule has 30 heavy (non-hydrogen) atoms. The second-order valence-corrected chi connectivity index (χ2v) is 7.48. The molecule has 3 rings (SSSR count). The van der Waals surface area contributed by atoms with Crippen molar-refractivity contribution in [2.24, 2.45) is 5.92 Å². The van der Waals surface area contributed by atoms with Crippen LogP contribution in [0.4, 0.5) is 13.6 Å². The number of benzene rings is 1. The normalized spacial score (nSPS) is 22.3. The molecular weight excluding hydrogens is 400 g/mol. The molecule has 0 radical (unpaired) electrons. The molecule has 4 amide bonds. The number of halogens is 2. The van der Waals surface area contributed by atoms with Crippen molar-refractivity contribution in [3.8, 4) is 0 Å². The zero-order chi connectivity index (χ0) is 22.1. The third-order valence-electron chi connectivity index (χ3n) is 5.50. The van der Waals surface area contributed by atoms with Crippen LogP contribution < -0.4 is 5.32 Å². The molecule has 1 aromatic rings. The molecule has 8 nitrogen and oxygen atoms in total. The number of rotatable bonds is 5. The molecule has 1 N–H and O–H groups in total. The van der Waals surface area contributed by atoms with Gasteiger partial charge >= 0.3 is 12.0 Å². The van der Waals surface area contributed by atoms with Gasteiger partial charge in [0.25, 0.3) is 5.91 Å². The summed E-state index contributed by atoms with van der Waals surface area (Å²) in [6, 6.07) is 1.77. The molecule has 1 aromatic carbocycles. The van der Waals surface area contributed by atoms with Crippen LogP contribution in [0.25, 0.3) is 0 Å². The van der Waals surface area contributed by atoms with Gasteiger partial charge in [0, 0.05) is 18.7 Å². The number of imide groups is 1. The first kappa shape index (κ1) is 21.7. The summed E-state index contributed by atoms with van der Waals surface area (Å²) in [6.45, 7) is 3.33. The maximum Gasteiger partial charge on any atom is 0.325 e. The number of nitrogens with zero attached hydrogens (tertiary/aromatic N) is 2. The van der Waals surface area contributed by atoms with Gasteiger partial charge in [-0.15, -0.1) is 0 Å². The summed E-state index contributed by atoms with van der Waals surface area (Å²) in [5.74, 6) is -3.50. The summed E-state index contributed by atoms with van der Waals surface area (Å²) in [5, 5.41) is 2.36. The molecule has 2 aliphatic rings. The number of likely N-dealkylation sites (tertiary alicyclic amines) is 1. The van der Waals surface area contributed by atoms with Crippen molar-refractivity contribution >= 4 is 23.8 Å². The van der Waals surface area contributed by atoms with E-state index in [1.807, 2.05) is 0 Å². The molecule has 2 saturated heterocycles. The minimum atomic E-state index is -1.82. The molecular formula is C20H23F2N3O5. The zero-order valence-electron chi connectivity index (χ0n) is 16.7. The molecule has 0 bridgehead atoms. The highest BCUT2D eigenvalue weighted by Gasteiger charge is 2.51. The number of carbonyl (C=O) groups excluding carboxylic acids is 4. The van der Waals surface area contributed by atoms with Gasteiger partial charge < -0.3 is 15.0 Å². The summed E-state index contributed by atoms with van der Waals surface area (Å²) in [7, 11) is 0. The van der Waals surface area contributed by atoms with Crippen LogP contribution in [0.15, 0.2) is 18.2 Å². The number of nitrogens with one attached hydrogen (secondary N) is 1. The van der Waals surface area contributed by atoms with Gasteiger partial charge in [-0.05, 0) is 44.9 Å². The topological polar surface area (TPSA) is 96.0 Å². The number of amides is 4. The van der Waals surface area contributed by atoms with E-state index in [-0.39, 0.29) is 24.1 Å². The van der Waals surface area contributed by atoms with E-state index in [9.17, 15) is 28.0 Å². The highest BCUT2D eigenvalue weighted by atomic mass is 19.1. The predicted octanol–water partition coefficient (Wildman–Crippen LogP) is 1.53. The molecule has 2 heterocycles. The van der Waals surface area contributed by atoms with Crippen molar-refractivity contribution in [2.45, 2.75) is 32.2 Å². The number of carbonyl (C=O) groups is 4. The Balaban J connectivity index is 1.67. The van der Waals surface area contributed by atoms with Crippen LogP contribution in [0.5, 0.6) is 0 Å². The van der Waals surface area contributed by atoms with Gasteiger partial charge in [-0.2, -0.15) is 0 Å². The fraction of sp³-hybridized carbons (Fsp3) is 0.500. The first-order chi connectivity index (χ1) is 14.2. The van der Waals surface area contributed by atoms with Crippen molar-refractivity contribution in [1.29, 1.82) is 0 Å². The number of piperidine rings is 1. The van der Waals surface area contributed by atoms with Crippen molar-refractivity contribution in [3.63, 3.8) is 0 Å². The zero-order valence-corrected chi connectivity index (χ0v) is 16.7. The Kier molecular flexibility index (Phi) is 6.04. The third kappa shape index (κ3) is 3.99. The lowest BCUT2D eigenvalue weighted by molar-refractivity contribution is -0.151. The van der Waals surface area contributed by atoms with Crippen LogP contribution in [0.3, 0.4) is 0 Å². The van der Waals surface area contributed by atoms with Crippen LogP contribution in [-0.4, -0.2) is 59.9 Å². The Labute approximate surface area is 172 Å². The van der Waals surface area contributed by atoms with Gasteiger partial charge in [0.15, 0.2) is 0 Å². The predicted molar refractivity (Wildman–Crippen MR) is 99.9 cm³/mol. The average molecular weight is 423 g/mol. The molecule has 0 aromatic heterocycles. The lowest BCUT2D eigenvalue weighted by Crippen LogP contribution is -2.47. The van der Waals surface area contributed by atoms with Gasteiger partial charge in [-0.25, -0.2) is 13.6 Å². The van der Waals surface area contributed by atoms with Crippen LogP contribution in [-0.2, 0) is 24.7 Å². The molecule has 10 heteroatoms. The van der Waals surface area contributed by atoms with Crippen molar-refractivity contribution < 1.29 is 32.7 Å². The van der Waals surface area contributed by atoms with Gasteiger partial charge in [0.1, 0.15) is 23.7 Å². The molecule has 0 spiro atoms. The minimum Gasteiger partial charge on any atom is -0.466 e. The Bertz CT molecular complexity index is 885. The second-order valence-electron chi connectivity index (χ2n) is 7.48. The number of hydrogen-bond acceptors (Lipinski definition) is 5. The standard InChI is InChI=1S/C20H23F2N3O5/c1-3-30-17(27)12-6-8-24(9-7-12)16(26)11-25-18(28)20(2,23-19(25)29)14-10-13(21)4-5-15(14)22/h4-5,10,12H,3,6-9,11H2,1-2H3,(H,23,29). The number of urea groups is 1. The lowest BCUT2D eigenvalue weighted by atomic mass is 9.91. The number of ether oxygens (including phenoxy) is 1. The van der Waals surface area contributed by atoms with E-state index in [0.29, 0.717) is 30.8 Å². The summed E-state index contributed by atoms with van der Waals surface area (Å²) in [4.78, 5) is 51.8.